The zero-order chi connectivity index (χ0) is 21.4. The van der Waals surface area contributed by atoms with Gasteiger partial charge in [-0.05, 0) is 46.0 Å². The van der Waals surface area contributed by atoms with Crippen LogP contribution in [0.4, 0.5) is 13.6 Å². The smallest absolute Gasteiger partial charge is 0.409 e. The number of aliphatic imine (C=N–C) groups is 1. The molecular formula is C20H31F2N5O2. The van der Waals surface area contributed by atoms with Crippen LogP contribution in [0.1, 0.15) is 31.4 Å². The summed E-state index contributed by atoms with van der Waals surface area (Å²) in [6.45, 7) is 3.65. The number of nitrogens with zero attached hydrogens (tertiary/aromatic N) is 3. The second-order valence-electron chi connectivity index (χ2n) is 7.17. The van der Waals surface area contributed by atoms with E-state index in [0.29, 0.717) is 25.7 Å². The minimum Gasteiger partial charge on any atom is -0.450 e. The number of carbonyl (C=O) groups excluding carboxylic acids is 1. The predicted octanol–water partition coefficient (Wildman–Crippen LogP) is 2.35. The zero-order valence-corrected chi connectivity index (χ0v) is 17.5. The first-order chi connectivity index (χ1) is 13.9. The van der Waals surface area contributed by atoms with Gasteiger partial charge >= 0.3 is 6.09 Å². The number of hydrogen-bond donors (Lipinski definition) is 2. The number of halogens is 2. The molecule has 1 heterocycles. The predicted molar refractivity (Wildman–Crippen MR) is 109 cm³/mol. The van der Waals surface area contributed by atoms with Gasteiger partial charge in [-0.25, -0.2) is 13.6 Å². The van der Waals surface area contributed by atoms with Gasteiger partial charge in [0.05, 0.1) is 12.6 Å². The molecule has 1 fully saturated rings. The highest BCUT2D eigenvalue weighted by Crippen LogP contribution is 2.23. The average Bonchev–Trinajstić information content (AvgIpc) is 2.69. The zero-order valence-electron chi connectivity index (χ0n) is 17.5. The Bertz CT molecular complexity index is 686. The molecule has 162 valence electrons. The van der Waals surface area contributed by atoms with Crippen LogP contribution in [0.5, 0.6) is 0 Å². The number of ether oxygens (including phenoxy) is 1. The average molecular weight is 411 g/mol. The summed E-state index contributed by atoms with van der Waals surface area (Å²) < 4.78 is 33.5. The number of benzene rings is 1. The number of amides is 1. The van der Waals surface area contributed by atoms with E-state index in [1.807, 2.05) is 0 Å². The van der Waals surface area contributed by atoms with Crippen molar-refractivity contribution >= 4 is 12.1 Å². The van der Waals surface area contributed by atoms with Crippen LogP contribution in [0.2, 0.25) is 0 Å². The first-order valence-electron chi connectivity index (χ1n) is 9.86. The highest BCUT2D eigenvalue weighted by atomic mass is 19.1. The van der Waals surface area contributed by atoms with E-state index < -0.39 is 17.7 Å². The second-order valence-corrected chi connectivity index (χ2v) is 7.17. The SMILES string of the molecule is CCOC(=O)N1CCC(NC(=NC)NCC(c2c(F)cccc2F)N(C)C)CC1. The number of hydrogen-bond acceptors (Lipinski definition) is 4. The standard InChI is InChI=1S/C20H31F2N5O2/c1-5-29-20(28)27-11-9-14(10-12-27)25-19(23-2)24-13-17(26(3)4)18-15(21)7-6-8-16(18)22/h6-8,14,17H,5,9-13H2,1-4H3,(H2,23,24,25). The van der Waals surface area contributed by atoms with Gasteiger partial charge in [0.2, 0.25) is 0 Å². The molecule has 0 aliphatic carbocycles. The van der Waals surface area contributed by atoms with E-state index >= 15 is 0 Å². The number of guanidine groups is 1. The molecular weight excluding hydrogens is 380 g/mol. The first-order valence-corrected chi connectivity index (χ1v) is 9.86. The summed E-state index contributed by atoms with van der Waals surface area (Å²) in [5.74, 6) is -0.581. The summed E-state index contributed by atoms with van der Waals surface area (Å²) in [4.78, 5) is 19.5. The van der Waals surface area contributed by atoms with Crippen molar-refractivity contribution in [2.24, 2.45) is 4.99 Å². The van der Waals surface area contributed by atoms with Gasteiger partial charge in [-0.1, -0.05) is 6.07 Å². The third kappa shape index (κ3) is 6.28. The van der Waals surface area contributed by atoms with Crippen molar-refractivity contribution in [2.75, 3.05) is 47.4 Å². The van der Waals surface area contributed by atoms with Crippen molar-refractivity contribution in [2.45, 2.75) is 31.8 Å². The minimum absolute atomic E-state index is 0.0307. The quantitative estimate of drug-likeness (QED) is 0.556. The Morgan fingerprint density at radius 1 is 1.31 bits per heavy atom. The van der Waals surface area contributed by atoms with Crippen LogP contribution in [0.3, 0.4) is 0 Å². The summed E-state index contributed by atoms with van der Waals surface area (Å²) in [6.07, 6.45) is 1.24. The van der Waals surface area contributed by atoms with Gasteiger partial charge in [0, 0.05) is 38.3 Å². The molecule has 29 heavy (non-hydrogen) atoms. The fourth-order valence-corrected chi connectivity index (χ4v) is 3.37. The lowest BCUT2D eigenvalue weighted by Crippen LogP contribution is -2.50. The molecule has 1 atom stereocenters. The van der Waals surface area contributed by atoms with Crippen molar-refractivity contribution in [1.29, 1.82) is 0 Å². The molecule has 0 bridgehead atoms. The second kappa shape index (κ2) is 10.9. The molecule has 0 aromatic heterocycles. The van der Waals surface area contributed by atoms with Gasteiger partial charge in [-0.2, -0.15) is 0 Å². The van der Waals surface area contributed by atoms with E-state index in [1.165, 1.54) is 18.2 Å². The molecule has 2 N–H and O–H groups in total. The van der Waals surface area contributed by atoms with E-state index in [0.717, 1.165) is 12.8 Å². The number of rotatable bonds is 6. The minimum atomic E-state index is -0.570. The third-order valence-electron chi connectivity index (χ3n) is 5.00. The summed E-state index contributed by atoms with van der Waals surface area (Å²) in [5.41, 5.74) is 0.0307. The molecule has 0 saturated carbocycles. The van der Waals surface area contributed by atoms with E-state index in [2.05, 4.69) is 15.6 Å². The molecule has 1 aliphatic heterocycles. The molecule has 0 spiro atoms. The maximum Gasteiger partial charge on any atom is 0.409 e. The molecule has 1 aromatic rings. The Morgan fingerprint density at radius 2 is 1.93 bits per heavy atom. The summed E-state index contributed by atoms with van der Waals surface area (Å²) in [6, 6.07) is 3.53. The van der Waals surface area contributed by atoms with Crippen molar-refractivity contribution in [3.05, 3.63) is 35.4 Å². The normalized spacial score (nSPS) is 16.7. The largest absolute Gasteiger partial charge is 0.450 e. The molecule has 1 amide bonds. The van der Waals surface area contributed by atoms with Crippen molar-refractivity contribution in [1.82, 2.24) is 20.4 Å². The Labute approximate surface area is 171 Å². The van der Waals surface area contributed by atoms with Gasteiger partial charge in [0.25, 0.3) is 0 Å². The van der Waals surface area contributed by atoms with Gasteiger partial charge in [-0.3, -0.25) is 4.99 Å². The van der Waals surface area contributed by atoms with Gasteiger partial charge in [0.1, 0.15) is 11.6 Å². The Morgan fingerprint density at radius 3 is 2.45 bits per heavy atom. The van der Waals surface area contributed by atoms with Crippen LogP contribution in [-0.2, 0) is 4.74 Å². The molecule has 1 aromatic carbocycles. The number of likely N-dealkylation sites (tertiary alicyclic amines) is 1. The van der Waals surface area contributed by atoms with Crippen molar-refractivity contribution < 1.29 is 18.3 Å². The van der Waals surface area contributed by atoms with E-state index in [-0.39, 0.29) is 24.2 Å². The number of piperidine rings is 1. The fraction of sp³-hybridized carbons (Fsp3) is 0.600. The van der Waals surface area contributed by atoms with E-state index in [1.54, 1.807) is 37.9 Å². The molecule has 0 radical (unpaired) electrons. The highest BCUT2D eigenvalue weighted by Gasteiger charge is 2.25. The van der Waals surface area contributed by atoms with Crippen LogP contribution in [0, 0.1) is 11.6 Å². The summed E-state index contributed by atoms with van der Waals surface area (Å²) in [7, 11) is 5.20. The van der Waals surface area contributed by atoms with Crippen LogP contribution in [0.25, 0.3) is 0 Å². The Hall–Kier alpha value is -2.42. The monoisotopic (exact) mass is 411 g/mol. The van der Waals surface area contributed by atoms with Crippen LogP contribution in [0.15, 0.2) is 23.2 Å². The molecule has 1 unspecified atom stereocenters. The van der Waals surface area contributed by atoms with E-state index in [4.69, 9.17) is 4.74 Å². The number of nitrogens with one attached hydrogen (secondary N) is 2. The Balaban J connectivity index is 1.92. The van der Waals surface area contributed by atoms with Crippen LogP contribution in [-0.4, -0.2) is 75.3 Å². The van der Waals surface area contributed by atoms with Crippen LogP contribution < -0.4 is 10.6 Å². The topological polar surface area (TPSA) is 69.2 Å². The lowest BCUT2D eigenvalue weighted by atomic mass is 10.0. The van der Waals surface area contributed by atoms with E-state index in [9.17, 15) is 13.6 Å². The Kier molecular flexibility index (Phi) is 8.63. The van der Waals surface area contributed by atoms with Gasteiger partial charge < -0.3 is 25.2 Å². The van der Waals surface area contributed by atoms with Crippen LogP contribution >= 0.6 is 0 Å². The first kappa shape index (κ1) is 22.9. The van der Waals surface area contributed by atoms with Crippen molar-refractivity contribution in [3.8, 4) is 0 Å². The maximum atomic E-state index is 14.2. The lowest BCUT2D eigenvalue weighted by molar-refractivity contribution is 0.0963. The summed E-state index contributed by atoms with van der Waals surface area (Å²) >= 11 is 0. The highest BCUT2D eigenvalue weighted by molar-refractivity contribution is 5.80. The fourth-order valence-electron chi connectivity index (χ4n) is 3.37. The molecule has 2 rings (SSSR count). The van der Waals surface area contributed by atoms with Crippen molar-refractivity contribution in [3.63, 3.8) is 0 Å². The van der Waals surface area contributed by atoms with Gasteiger partial charge in [-0.15, -0.1) is 0 Å². The molecule has 7 nitrogen and oxygen atoms in total. The number of likely N-dealkylation sites (N-methyl/N-ethyl adjacent to an activating group) is 1. The lowest BCUT2D eigenvalue weighted by Gasteiger charge is -2.33. The molecule has 9 heteroatoms. The maximum absolute atomic E-state index is 14.2. The summed E-state index contributed by atoms with van der Waals surface area (Å²) in [5, 5.41) is 6.49. The number of carbonyl (C=O) groups is 1. The van der Waals surface area contributed by atoms with Gasteiger partial charge in [0.15, 0.2) is 5.96 Å². The molecule has 1 saturated heterocycles. The molecule has 1 aliphatic rings. The third-order valence-corrected chi connectivity index (χ3v) is 5.00.